The van der Waals surface area contributed by atoms with Crippen molar-refractivity contribution in [2.24, 2.45) is 11.3 Å². The summed E-state index contributed by atoms with van der Waals surface area (Å²) in [4.78, 5) is 14.6. The van der Waals surface area contributed by atoms with Gasteiger partial charge in [-0.1, -0.05) is 13.8 Å². The molecule has 2 saturated heterocycles. The van der Waals surface area contributed by atoms with Crippen molar-refractivity contribution in [3.05, 3.63) is 0 Å². The van der Waals surface area contributed by atoms with Crippen molar-refractivity contribution in [3.8, 4) is 0 Å². The number of rotatable bonds is 3. The molecule has 0 aromatic carbocycles. The molecule has 0 bridgehead atoms. The minimum absolute atomic E-state index is 0.0231. The molecule has 0 radical (unpaired) electrons. The second kappa shape index (κ2) is 6.20. The SMILES string of the molecule is CC(C)(C(=O)N1CCOCC1CO)C1CCCNC1. The zero-order chi connectivity index (χ0) is 13.9. The summed E-state index contributed by atoms with van der Waals surface area (Å²) in [6.45, 7) is 7.62. The van der Waals surface area contributed by atoms with Gasteiger partial charge in [-0.05, 0) is 31.8 Å². The lowest BCUT2D eigenvalue weighted by Crippen LogP contribution is -2.56. The van der Waals surface area contributed by atoms with Crippen molar-refractivity contribution in [3.63, 3.8) is 0 Å². The minimum atomic E-state index is -0.377. The quantitative estimate of drug-likeness (QED) is 0.771. The van der Waals surface area contributed by atoms with E-state index in [1.807, 2.05) is 18.7 Å². The van der Waals surface area contributed by atoms with E-state index in [0.717, 1.165) is 25.9 Å². The molecule has 2 aliphatic rings. The maximum atomic E-state index is 12.8. The predicted octanol–water partition coefficient (Wildman–Crippen LogP) is 0.232. The number of nitrogens with zero attached hydrogens (tertiary/aromatic N) is 1. The van der Waals surface area contributed by atoms with Gasteiger partial charge in [-0.25, -0.2) is 0 Å². The number of aliphatic hydroxyl groups excluding tert-OH is 1. The highest BCUT2D eigenvalue weighted by Crippen LogP contribution is 2.34. The van der Waals surface area contributed by atoms with Crippen molar-refractivity contribution >= 4 is 5.91 Å². The van der Waals surface area contributed by atoms with Gasteiger partial charge in [0.1, 0.15) is 0 Å². The first-order valence-corrected chi connectivity index (χ1v) is 7.27. The zero-order valence-electron chi connectivity index (χ0n) is 12.0. The van der Waals surface area contributed by atoms with Crippen LogP contribution in [-0.2, 0) is 9.53 Å². The molecule has 0 spiro atoms. The highest BCUT2D eigenvalue weighted by molar-refractivity contribution is 5.82. The van der Waals surface area contributed by atoms with Crippen LogP contribution >= 0.6 is 0 Å². The first-order valence-electron chi connectivity index (χ1n) is 7.27. The zero-order valence-corrected chi connectivity index (χ0v) is 12.0. The number of carbonyl (C=O) groups excluding carboxylic acids is 1. The summed E-state index contributed by atoms with van der Waals surface area (Å²) in [7, 11) is 0. The summed E-state index contributed by atoms with van der Waals surface area (Å²) in [6, 6.07) is -0.183. The van der Waals surface area contributed by atoms with Crippen LogP contribution in [0.4, 0.5) is 0 Å². The summed E-state index contributed by atoms with van der Waals surface area (Å²) in [5.74, 6) is 0.527. The van der Waals surface area contributed by atoms with Crippen LogP contribution in [-0.4, -0.2) is 61.4 Å². The number of morpholine rings is 1. The van der Waals surface area contributed by atoms with Gasteiger partial charge >= 0.3 is 0 Å². The van der Waals surface area contributed by atoms with Crippen LogP contribution in [0, 0.1) is 11.3 Å². The van der Waals surface area contributed by atoms with E-state index in [1.165, 1.54) is 0 Å². The van der Waals surface area contributed by atoms with Crippen LogP contribution in [0.5, 0.6) is 0 Å². The lowest BCUT2D eigenvalue weighted by molar-refractivity contribution is -0.154. The molecule has 5 nitrogen and oxygen atoms in total. The van der Waals surface area contributed by atoms with Crippen LogP contribution in [0.3, 0.4) is 0 Å². The second-order valence-electron chi connectivity index (χ2n) is 6.17. The first kappa shape index (κ1) is 14.8. The van der Waals surface area contributed by atoms with Gasteiger partial charge in [0.05, 0.1) is 25.9 Å². The summed E-state index contributed by atoms with van der Waals surface area (Å²) < 4.78 is 5.35. The Bertz CT molecular complexity index is 314. The Morgan fingerprint density at radius 1 is 1.53 bits per heavy atom. The van der Waals surface area contributed by atoms with Crippen LogP contribution in [0.1, 0.15) is 26.7 Å². The Kier molecular flexibility index (Phi) is 4.81. The molecule has 2 unspecified atom stereocenters. The lowest BCUT2D eigenvalue weighted by Gasteiger charge is -2.43. The monoisotopic (exact) mass is 270 g/mol. The molecule has 0 aromatic rings. The Balaban J connectivity index is 2.07. The van der Waals surface area contributed by atoms with Crippen LogP contribution in [0.2, 0.25) is 0 Å². The topological polar surface area (TPSA) is 61.8 Å². The Labute approximate surface area is 115 Å². The Morgan fingerprint density at radius 3 is 2.95 bits per heavy atom. The predicted molar refractivity (Wildman–Crippen MR) is 72.8 cm³/mol. The number of hydrogen-bond donors (Lipinski definition) is 2. The molecule has 19 heavy (non-hydrogen) atoms. The maximum absolute atomic E-state index is 12.8. The molecular weight excluding hydrogens is 244 g/mol. The molecule has 2 N–H and O–H groups in total. The fraction of sp³-hybridized carbons (Fsp3) is 0.929. The summed E-state index contributed by atoms with van der Waals surface area (Å²) in [5, 5.41) is 12.8. The molecule has 0 saturated carbocycles. The van der Waals surface area contributed by atoms with Crippen molar-refractivity contribution in [1.29, 1.82) is 0 Å². The van der Waals surface area contributed by atoms with Gasteiger partial charge in [0, 0.05) is 12.0 Å². The van der Waals surface area contributed by atoms with Crippen molar-refractivity contribution in [1.82, 2.24) is 10.2 Å². The third-order valence-corrected chi connectivity index (χ3v) is 4.57. The largest absolute Gasteiger partial charge is 0.394 e. The molecule has 1 amide bonds. The summed E-state index contributed by atoms with van der Waals surface area (Å²) in [5.41, 5.74) is -0.377. The van der Waals surface area contributed by atoms with Gasteiger partial charge in [-0.2, -0.15) is 0 Å². The van der Waals surface area contributed by atoms with Gasteiger partial charge in [-0.3, -0.25) is 4.79 Å². The second-order valence-corrected chi connectivity index (χ2v) is 6.17. The van der Waals surface area contributed by atoms with E-state index in [-0.39, 0.29) is 24.0 Å². The molecule has 2 fully saturated rings. The first-order chi connectivity index (χ1) is 9.07. The van der Waals surface area contributed by atoms with Crippen molar-refractivity contribution in [2.75, 3.05) is 39.5 Å². The average molecular weight is 270 g/mol. The van der Waals surface area contributed by atoms with Gasteiger partial charge < -0.3 is 20.1 Å². The fourth-order valence-electron chi connectivity index (χ4n) is 3.09. The molecule has 110 valence electrons. The van der Waals surface area contributed by atoms with Crippen molar-refractivity contribution < 1.29 is 14.6 Å². The number of carbonyl (C=O) groups is 1. The minimum Gasteiger partial charge on any atom is -0.394 e. The maximum Gasteiger partial charge on any atom is 0.229 e. The van der Waals surface area contributed by atoms with Crippen LogP contribution < -0.4 is 5.32 Å². The standard InChI is InChI=1S/C14H26N2O3/c1-14(2,11-4-3-5-15-8-11)13(18)16-6-7-19-10-12(16)9-17/h11-12,15,17H,3-10H2,1-2H3. The molecule has 0 aromatic heterocycles. The van der Waals surface area contributed by atoms with Gasteiger partial charge in [-0.15, -0.1) is 0 Å². The van der Waals surface area contributed by atoms with E-state index in [1.54, 1.807) is 0 Å². The normalized spacial score (nSPS) is 29.3. The van der Waals surface area contributed by atoms with E-state index in [2.05, 4.69) is 5.32 Å². The average Bonchev–Trinajstić information content (AvgIpc) is 2.47. The van der Waals surface area contributed by atoms with Crippen molar-refractivity contribution in [2.45, 2.75) is 32.7 Å². The van der Waals surface area contributed by atoms with Gasteiger partial charge in [0.15, 0.2) is 0 Å². The lowest BCUT2D eigenvalue weighted by atomic mass is 9.73. The van der Waals surface area contributed by atoms with E-state index < -0.39 is 0 Å². The third-order valence-electron chi connectivity index (χ3n) is 4.57. The molecule has 2 heterocycles. The summed E-state index contributed by atoms with van der Waals surface area (Å²) >= 11 is 0. The number of amides is 1. The number of hydrogen-bond acceptors (Lipinski definition) is 4. The number of piperidine rings is 1. The van der Waals surface area contributed by atoms with Gasteiger partial charge in [0.25, 0.3) is 0 Å². The highest BCUT2D eigenvalue weighted by atomic mass is 16.5. The Hall–Kier alpha value is -0.650. The van der Waals surface area contributed by atoms with E-state index >= 15 is 0 Å². The molecule has 2 atom stereocenters. The molecule has 5 heteroatoms. The smallest absolute Gasteiger partial charge is 0.229 e. The summed E-state index contributed by atoms with van der Waals surface area (Å²) in [6.07, 6.45) is 2.23. The Morgan fingerprint density at radius 2 is 2.32 bits per heavy atom. The number of ether oxygens (including phenoxy) is 1. The van der Waals surface area contributed by atoms with Crippen LogP contribution in [0.15, 0.2) is 0 Å². The molecular formula is C14H26N2O3. The van der Waals surface area contributed by atoms with Crippen LogP contribution in [0.25, 0.3) is 0 Å². The fourth-order valence-corrected chi connectivity index (χ4v) is 3.09. The molecule has 2 aliphatic heterocycles. The molecule has 0 aliphatic carbocycles. The number of aliphatic hydroxyl groups is 1. The van der Waals surface area contributed by atoms with Gasteiger partial charge in [0.2, 0.25) is 5.91 Å². The van der Waals surface area contributed by atoms with E-state index in [0.29, 0.717) is 25.7 Å². The number of nitrogens with one attached hydrogen (secondary N) is 1. The third kappa shape index (κ3) is 3.09. The van der Waals surface area contributed by atoms with E-state index in [9.17, 15) is 9.90 Å². The molecule has 2 rings (SSSR count). The highest BCUT2D eigenvalue weighted by Gasteiger charge is 2.42. The van der Waals surface area contributed by atoms with E-state index in [4.69, 9.17) is 4.74 Å².